The number of hydrogen-bond donors (Lipinski definition) is 0. The molecule has 1 amide bonds. The number of aromatic nitrogens is 2. The van der Waals surface area contributed by atoms with Gasteiger partial charge in [0.1, 0.15) is 5.15 Å². The molecule has 1 aliphatic heterocycles. The smallest absolute Gasteiger partial charge is 0.258 e. The first-order valence-corrected chi connectivity index (χ1v) is 8.38. The maximum atomic E-state index is 12.4. The fourth-order valence-corrected chi connectivity index (χ4v) is 3.34. The van der Waals surface area contributed by atoms with Gasteiger partial charge in [-0.1, -0.05) is 11.6 Å². The van der Waals surface area contributed by atoms with Gasteiger partial charge >= 0.3 is 0 Å². The predicted octanol–water partition coefficient (Wildman–Crippen LogP) is 0.0993. The first kappa shape index (κ1) is 15.3. The summed E-state index contributed by atoms with van der Waals surface area (Å²) in [7, 11) is -1.52. The lowest BCUT2D eigenvalue weighted by molar-refractivity contribution is 0.0697. The molecular weight excluding hydrogens is 304 g/mol. The van der Waals surface area contributed by atoms with Gasteiger partial charge in [-0.15, -0.1) is 0 Å². The van der Waals surface area contributed by atoms with Gasteiger partial charge in [-0.2, -0.15) is 9.40 Å². The van der Waals surface area contributed by atoms with Gasteiger partial charge in [0.2, 0.25) is 10.0 Å². The van der Waals surface area contributed by atoms with Crippen molar-refractivity contribution < 1.29 is 13.2 Å². The molecule has 0 aliphatic carbocycles. The molecule has 1 aliphatic rings. The number of carbonyl (C=O) groups is 1. The first-order valence-electron chi connectivity index (χ1n) is 6.15. The molecule has 0 aromatic carbocycles. The van der Waals surface area contributed by atoms with Gasteiger partial charge in [-0.3, -0.25) is 9.48 Å². The third-order valence-corrected chi connectivity index (χ3v) is 5.10. The summed E-state index contributed by atoms with van der Waals surface area (Å²) in [4.78, 5) is 14.0. The van der Waals surface area contributed by atoms with Gasteiger partial charge in [-0.25, -0.2) is 8.42 Å². The van der Waals surface area contributed by atoms with Crippen molar-refractivity contribution in [1.29, 1.82) is 0 Å². The third-order valence-electron chi connectivity index (χ3n) is 3.36. The van der Waals surface area contributed by atoms with Crippen LogP contribution in [0.25, 0.3) is 0 Å². The minimum Gasteiger partial charge on any atom is -0.336 e. The lowest BCUT2D eigenvalue weighted by Crippen LogP contribution is -2.50. The van der Waals surface area contributed by atoms with E-state index in [1.54, 1.807) is 18.9 Å². The second-order valence-electron chi connectivity index (χ2n) is 4.83. The fourth-order valence-electron chi connectivity index (χ4n) is 2.25. The van der Waals surface area contributed by atoms with E-state index in [9.17, 15) is 13.2 Å². The van der Waals surface area contributed by atoms with Crippen molar-refractivity contribution >= 4 is 27.5 Å². The molecule has 0 saturated carbocycles. The molecule has 1 fully saturated rings. The van der Waals surface area contributed by atoms with Crippen LogP contribution in [0.5, 0.6) is 0 Å². The van der Waals surface area contributed by atoms with Gasteiger partial charge in [0.05, 0.1) is 17.5 Å². The summed E-state index contributed by atoms with van der Waals surface area (Å²) in [5, 5.41) is 4.42. The Balaban J connectivity index is 2.13. The van der Waals surface area contributed by atoms with Crippen LogP contribution in [0.15, 0.2) is 0 Å². The Kier molecular flexibility index (Phi) is 4.08. The molecule has 1 aromatic rings. The summed E-state index contributed by atoms with van der Waals surface area (Å²) in [5.74, 6) is -0.200. The zero-order chi connectivity index (χ0) is 15.1. The zero-order valence-corrected chi connectivity index (χ0v) is 13.2. The maximum Gasteiger partial charge on any atom is 0.258 e. The van der Waals surface area contributed by atoms with E-state index in [0.717, 1.165) is 0 Å². The highest BCUT2D eigenvalue weighted by atomic mass is 35.5. The molecule has 0 spiro atoms. The Bertz CT molecular complexity index is 632. The quantitative estimate of drug-likeness (QED) is 0.774. The summed E-state index contributed by atoms with van der Waals surface area (Å²) < 4.78 is 25.7. The van der Waals surface area contributed by atoms with E-state index in [-0.39, 0.29) is 5.91 Å². The monoisotopic (exact) mass is 320 g/mol. The Labute approximate surface area is 123 Å². The van der Waals surface area contributed by atoms with Crippen molar-refractivity contribution in [3.05, 3.63) is 16.4 Å². The van der Waals surface area contributed by atoms with Crippen LogP contribution in [0.4, 0.5) is 0 Å². The van der Waals surface area contributed by atoms with Crippen LogP contribution in [-0.4, -0.2) is 65.7 Å². The van der Waals surface area contributed by atoms with Crippen molar-refractivity contribution in [2.45, 2.75) is 6.92 Å². The number of rotatable bonds is 2. The van der Waals surface area contributed by atoms with E-state index in [1.807, 2.05) is 0 Å². The molecular formula is C11H17ClN4O3S. The van der Waals surface area contributed by atoms with Crippen LogP contribution in [0.3, 0.4) is 0 Å². The van der Waals surface area contributed by atoms with E-state index in [2.05, 4.69) is 5.10 Å². The molecule has 2 heterocycles. The second-order valence-corrected chi connectivity index (χ2v) is 7.17. The maximum absolute atomic E-state index is 12.4. The zero-order valence-electron chi connectivity index (χ0n) is 11.6. The molecule has 0 radical (unpaired) electrons. The molecule has 1 aromatic heterocycles. The molecule has 2 rings (SSSR count). The molecule has 0 unspecified atom stereocenters. The normalized spacial score (nSPS) is 17.5. The predicted molar refractivity (Wildman–Crippen MR) is 75.3 cm³/mol. The van der Waals surface area contributed by atoms with Crippen molar-refractivity contribution in [2.24, 2.45) is 7.05 Å². The molecule has 0 N–H and O–H groups in total. The Morgan fingerprint density at radius 1 is 1.25 bits per heavy atom. The van der Waals surface area contributed by atoms with Gasteiger partial charge < -0.3 is 4.90 Å². The van der Waals surface area contributed by atoms with Crippen molar-refractivity contribution in [3.8, 4) is 0 Å². The third kappa shape index (κ3) is 2.82. The van der Waals surface area contributed by atoms with Crippen LogP contribution in [0.2, 0.25) is 5.15 Å². The van der Waals surface area contributed by atoms with E-state index < -0.39 is 10.0 Å². The van der Waals surface area contributed by atoms with Gasteiger partial charge in [0.15, 0.2) is 0 Å². The minimum atomic E-state index is -3.20. The van der Waals surface area contributed by atoms with Crippen LogP contribution in [0, 0.1) is 6.92 Å². The molecule has 0 atom stereocenters. The minimum absolute atomic E-state index is 0.200. The molecule has 9 heteroatoms. The number of sulfonamides is 1. The fraction of sp³-hybridized carbons (Fsp3) is 0.636. The summed E-state index contributed by atoms with van der Waals surface area (Å²) in [6, 6.07) is 0. The van der Waals surface area contributed by atoms with Crippen LogP contribution < -0.4 is 0 Å². The molecule has 112 valence electrons. The highest BCUT2D eigenvalue weighted by molar-refractivity contribution is 7.88. The number of hydrogen-bond acceptors (Lipinski definition) is 4. The summed E-state index contributed by atoms with van der Waals surface area (Å²) in [5.41, 5.74) is 0.968. The first-order chi connectivity index (χ1) is 9.21. The van der Waals surface area contributed by atoms with Crippen molar-refractivity contribution in [2.75, 3.05) is 32.4 Å². The molecule has 0 bridgehead atoms. The standard InChI is InChI=1S/C11H17ClN4O3S/c1-8-9(10(12)14(2)13-8)11(17)15-4-6-16(7-5-15)20(3,18)19/h4-7H2,1-3H3. The second kappa shape index (κ2) is 5.34. The van der Waals surface area contributed by atoms with Gasteiger partial charge in [-0.05, 0) is 6.92 Å². The summed E-state index contributed by atoms with van der Waals surface area (Å²) in [6.45, 7) is 3.06. The molecule has 20 heavy (non-hydrogen) atoms. The number of piperazine rings is 1. The average Bonchev–Trinajstić information content (AvgIpc) is 2.62. The summed E-state index contributed by atoms with van der Waals surface area (Å²) >= 11 is 6.08. The van der Waals surface area contributed by atoms with Crippen LogP contribution >= 0.6 is 11.6 Å². The lowest BCUT2D eigenvalue weighted by Gasteiger charge is -2.33. The van der Waals surface area contributed by atoms with Gasteiger partial charge in [0.25, 0.3) is 5.91 Å². The lowest BCUT2D eigenvalue weighted by atomic mass is 10.2. The number of halogens is 1. The number of aryl methyl sites for hydroxylation is 2. The van der Waals surface area contributed by atoms with Crippen molar-refractivity contribution in [3.63, 3.8) is 0 Å². The number of nitrogens with zero attached hydrogens (tertiary/aromatic N) is 4. The highest BCUT2D eigenvalue weighted by Gasteiger charge is 2.29. The highest BCUT2D eigenvalue weighted by Crippen LogP contribution is 2.21. The van der Waals surface area contributed by atoms with Crippen LogP contribution in [0.1, 0.15) is 16.1 Å². The summed E-state index contributed by atoms with van der Waals surface area (Å²) in [6.07, 6.45) is 1.17. The SMILES string of the molecule is Cc1nn(C)c(Cl)c1C(=O)N1CCN(S(C)(=O)=O)CC1. The Hall–Kier alpha value is -1.12. The van der Waals surface area contributed by atoms with Crippen LogP contribution in [-0.2, 0) is 17.1 Å². The van der Waals surface area contributed by atoms with E-state index in [1.165, 1.54) is 15.2 Å². The van der Waals surface area contributed by atoms with E-state index >= 15 is 0 Å². The topological polar surface area (TPSA) is 75.5 Å². The molecule has 7 nitrogen and oxygen atoms in total. The van der Waals surface area contributed by atoms with Gasteiger partial charge in [0, 0.05) is 33.2 Å². The number of carbonyl (C=O) groups excluding carboxylic acids is 1. The largest absolute Gasteiger partial charge is 0.336 e. The average molecular weight is 321 g/mol. The number of amides is 1. The van der Waals surface area contributed by atoms with Crippen molar-refractivity contribution in [1.82, 2.24) is 19.0 Å². The molecule has 1 saturated heterocycles. The van der Waals surface area contributed by atoms with E-state index in [0.29, 0.717) is 42.6 Å². The Morgan fingerprint density at radius 3 is 2.20 bits per heavy atom. The Morgan fingerprint density at radius 2 is 1.80 bits per heavy atom. The van der Waals surface area contributed by atoms with E-state index in [4.69, 9.17) is 11.6 Å².